The van der Waals surface area contributed by atoms with E-state index >= 15 is 0 Å². The van der Waals surface area contributed by atoms with Crippen molar-refractivity contribution in [2.45, 2.75) is 31.1 Å². The summed E-state index contributed by atoms with van der Waals surface area (Å²) >= 11 is 6.31. The summed E-state index contributed by atoms with van der Waals surface area (Å²) in [7, 11) is 1.61. The number of methoxy groups -OCH3 is 1. The van der Waals surface area contributed by atoms with Crippen molar-refractivity contribution in [3.63, 3.8) is 0 Å². The van der Waals surface area contributed by atoms with Gasteiger partial charge in [0.1, 0.15) is 6.33 Å². The van der Waals surface area contributed by atoms with Gasteiger partial charge in [0, 0.05) is 23.6 Å². The second kappa shape index (κ2) is 4.79. The molecule has 4 heteroatoms. The fourth-order valence-corrected chi connectivity index (χ4v) is 2.18. The van der Waals surface area contributed by atoms with Crippen molar-refractivity contribution in [3.05, 3.63) is 18.1 Å². The number of ether oxygens (including phenoxy) is 1. The van der Waals surface area contributed by atoms with Crippen LogP contribution < -0.4 is 4.74 Å². The van der Waals surface area contributed by atoms with Crippen molar-refractivity contribution in [1.82, 2.24) is 9.97 Å². The molecule has 0 aromatic carbocycles. The Morgan fingerprint density at radius 1 is 1.53 bits per heavy atom. The average Bonchev–Trinajstić information content (AvgIpc) is 2.15. The number of hydrogen-bond donors (Lipinski definition) is 0. The van der Waals surface area contributed by atoms with Crippen LogP contribution in [0.1, 0.15) is 25.0 Å². The van der Waals surface area contributed by atoms with Gasteiger partial charge in [-0.15, -0.1) is 11.6 Å². The molecular weight excluding hydrogens is 212 g/mol. The quantitative estimate of drug-likeness (QED) is 0.740. The van der Waals surface area contributed by atoms with E-state index in [2.05, 4.69) is 9.97 Å². The van der Waals surface area contributed by atoms with E-state index in [1.165, 1.54) is 25.6 Å². The monoisotopic (exact) mass is 226 g/mol. The molecule has 1 atom stereocenters. The molecule has 2 rings (SSSR count). The van der Waals surface area contributed by atoms with Crippen LogP contribution in [0.25, 0.3) is 0 Å². The minimum Gasteiger partial charge on any atom is -0.481 e. The van der Waals surface area contributed by atoms with E-state index in [9.17, 15) is 0 Å². The lowest BCUT2D eigenvalue weighted by Gasteiger charge is -2.29. The summed E-state index contributed by atoms with van der Waals surface area (Å²) in [4.78, 5) is 8.16. The van der Waals surface area contributed by atoms with Gasteiger partial charge in [0.25, 0.3) is 0 Å². The lowest BCUT2D eigenvalue weighted by atomic mass is 9.81. The topological polar surface area (TPSA) is 35.0 Å². The first kappa shape index (κ1) is 10.7. The summed E-state index contributed by atoms with van der Waals surface area (Å²) in [5.74, 6) is 1.28. The predicted molar refractivity (Wildman–Crippen MR) is 59.3 cm³/mol. The molecule has 15 heavy (non-hydrogen) atoms. The lowest BCUT2D eigenvalue weighted by Crippen LogP contribution is -2.24. The number of rotatable bonds is 4. The SMILES string of the molecule is COc1cc(CC(Cl)C2CCC2)ncn1. The van der Waals surface area contributed by atoms with Crippen LogP contribution in [0.3, 0.4) is 0 Å². The zero-order chi connectivity index (χ0) is 10.7. The van der Waals surface area contributed by atoms with Crippen molar-refractivity contribution in [1.29, 1.82) is 0 Å². The zero-order valence-corrected chi connectivity index (χ0v) is 9.57. The number of nitrogens with zero attached hydrogens (tertiary/aromatic N) is 2. The van der Waals surface area contributed by atoms with E-state index < -0.39 is 0 Å². The molecule has 0 saturated heterocycles. The van der Waals surface area contributed by atoms with E-state index in [1.54, 1.807) is 7.11 Å². The van der Waals surface area contributed by atoms with Gasteiger partial charge in [-0.2, -0.15) is 0 Å². The van der Waals surface area contributed by atoms with Crippen LogP contribution in [-0.2, 0) is 6.42 Å². The summed E-state index contributed by atoms with van der Waals surface area (Å²) in [6.07, 6.45) is 6.18. The maximum atomic E-state index is 6.31. The molecule has 0 radical (unpaired) electrons. The highest BCUT2D eigenvalue weighted by molar-refractivity contribution is 6.20. The Bertz CT molecular complexity index is 328. The van der Waals surface area contributed by atoms with Gasteiger partial charge in [0.15, 0.2) is 0 Å². The maximum Gasteiger partial charge on any atom is 0.216 e. The molecule has 1 aliphatic rings. The van der Waals surface area contributed by atoms with Crippen LogP contribution in [0.15, 0.2) is 12.4 Å². The highest BCUT2D eigenvalue weighted by Gasteiger charge is 2.25. The van der Waals surface area contributed by atoms with E-state index in [4.69, 9.17) is 16.3 Å². The summed E-state index contributed by atoms with van der Waals surface area (Å²) in [6.45, 7) is 0. The first-order valence-corrected chi connectivity index (χ1v) is 5.72. The van der Waals surface area contributed by atoms with E-state index in [-0.39, 0.29) is 5.38 Å². The standard InChI is InChI=1S/C11H15ClN2O/c1-15-11-6-9(13-7-14-11)5-10(12)8-3-2-4-8/h6-8,10H,2-5H2,1H3. The van der Waals surface area contributed by atoms with Gasteiger partial charge >= 0.3 is 0 Å². The van der Waals surface area contributed by atoms with Gasteiger partial charge in [-0.25, -0.2) is 9.97 Å². The molecule has 1 aromatic rings. The van der Waals surface area contributed by atoms with E-state index in [0.29, 0.717) is 11.8 Å². The summed E-state index contributed by atoms with van der Waals surface area (Å²) in [5.41, 5.74) is 0.966. The van der Waals surface area contributed by atoms with E-state index in [0.717, 1.165) is 12.1 Å². The van der Waals surface area contributed by atoms with Crippen molar-refractivity contribution in [2.24, 2.45) is 5.92 Å². The minimum absolute atomic E-state index is 0.207. The van der Waals surface area contributed by atoms with Crippen LogP contribution in [0, 0.1) is 5.92 Å². The Balaban J connectivity index is 1.96. The molecule has 1 unspecified atom stereocenters. The lowest BCUT2D eigenvalue weighted by molar-refractivity contribution is 0.300. The maximum absolute atomic E-state index is 6.31. The average molecular weight is 227 g/mol. The Labute approximate surface area is 94.8 Å². The Morgan fingerprint density at radius 3 is 2.93 bits per heavy atom. The molecule has 0 bridgehead atoms. The molecule has 1 aliphatic carbocycles. The first-order chi connectivity index (χ1) is 7.29. The smallest absolute Gasteiger partial charge is 0.216 e. The highest BCUT2D eigenvalue weighted by atomic mass is 35.5. The number of halogens is 1. The van der Waals surface area contributed by atoms with Crippen LogP contribution in [-0.4, -0.2) is 22.5 Å². The zero-order valence-electron chi connectivity index (χ0n) is 8.82. The molecule has 0 amide bonds. The fraction of sp³-hybridized carbons (Fsp3) is 0.636. The second-order valence-electron chi connectivity index (χ2n) is 3.96. The van der Waals surface area contributed by atoms with Crippen molar-refractivity contribution in [3.8, 4) is 5.88 Å². The van der Waals surface area contributed by atoms with Crippen LogP contribution in [0.5, 0.6) is 5.88 Å². The Morgan fingerprint density at radius 2 is 2.33 bits per heavy atom. The van der Waals surface area contributed by atoms with Gasteiger partial charge in [-0.05, 0) is 18.8 Å². The van der Waals surface area contributed by atoms with Crippen molar-refractivity contribution in [2.75, 3.05) is 7.11 Å². The molecule has 1 heterocycles. The number of alkyl halides is 1. The van der Waals surface area contributed by atoms with Gasteiger partial charge < -0.3 is 4.74 Å². The van der Waals surface area contributed by atoms with E-state index in [1.807, 2.05) is 6.07 Å². The van der Waals surface area contributed by atoms with Gasteiger partial charge in [0.05, 0.1) is 7.11 Å². The normalized spacial score (nSPS) is 18.3. The molecular formula is C11H15ClN2O. The molecule has 3 nitrogen and oxygen atoms in total. The number of hydrogen-bond acceptors (Lipinski definition) is 3. The molecule has 1 aromatic heterocycles. The van der Waals surface area contributed by atoms with Crippen LogP contribution >= 0.6 is 11.6 Å². The minimum atomic E-state index is 0.207. The van der Waals surface area contributed by atoms with Gasteiger partial charge in [0.2, 0.25) is 5.88 Å². The summed E-state index contributed by atoms with van der Waals surface area (Å²) < 4.78 is 5.04. The largest absolute Gasteiger partial charge is 0.481 e. The Kier molecular flexibility index (Phi) is 3.41. The number of aromatic nitrogens is 2. The molecule has 0 spiro atoms. The summed E-state index contributed by atoms with van der Waals surface area (Å²) in [5, 5.41) is 0.207. The molecule has 82 valence electrons. The van der Waals surface area contributed by atoms with Crippen LogP contribution in [0.2, 0.25) is 0 Å². The molecule has 1 saturated carbocycles. The van der Waals surface area contributed by atoms with Crippen molar-refractivity contribution < 1.29 is 4.74 Å². The third-order valence-electron chi connectivity index (χ3n) is 2.97. The third kappa shape index (κ3) is 2.59. The molecule has 0 N–H and O–H groups in total. The van der Waals surface area contributed by atoms with Crippen LogP contribution in [0.4, 0.5) is 0 Å². The van der Waals surface area contributed by atoms with Gasteiger partial charge in [-0.1, -0.05) is 6.42 Å². The fourth-order valence-electron chi connectivity index (χ4n) is 1.77. The molecule has 0 aliphatic heterocycles. The third-order valence-corrected chi connectivity index (χ3v) is 3.48. The second-order valence-corrected chi connectivity index (χ2v) is 4.52. The Hall–Kier alpha value is -0.830. The first-order valence-electron chi connectivity index (χ1n) is 5.28. The summed E-state index contributed by atoms with van der Waals surface area (Å²) in [6, 6.07) is 1.86. The van der Waals surface area contributed by atoms with Crippen molar-refractivity contribution >= 4 is 11.6 Å². The molecule has 1 fully saturated rings. The predicted octanol–water partition coefficient (Wildman–Crippen LogP) is 2.44. The van der Waals surface area contributed by atoms with Gasteiger partial charge in [-0.3, -0.25) is 0 Å². The highest BCUT2D eigenvalue weighted by Crippen LogP contribution is 2.33.